The Balaban J connectivity index is 2.27. The van der Waals surface area contributed by atoms with E-state index in [4.69, 9.17) is 4.74 Å². The van der Waals surface area contributed by atoms with Crippen molar-refractivity contribution >= 4 is 10.8 Å². The van der Waals surface area contributed by atoms with Crippen molar-refractivity contribution < 1.29 is 4.74 Å². The van der Waals surface area contributed by atoms with Crippen LogP contribution in [0, 0.1) is 0 Å². The van der Waals surface area contributed by atoms with Gasteiger partial charge in [-0.15, -0.1) is 0 Å². The number of rotatable bonds is 7. The maximum Gasteiger partial charge on any atom is 0.0484 e. The van der Waals surface area contributed by atoms with Gasteiger partial charge in [0, 0.05) is 37.0 Å². The smallest absolute Gasteiger partial charge is 0.0484 e. The number of ether oxygens (including phenoxy) is 1. The van der Waals surface area contributed by atoms with Gasteiger partial charge in [0.1, 0.15) is 0 Å². The average Bonchev–Trinajstić information content (AvgIpc) is 2.46. The molecule has 2 rings (SSSR count). The Morgan fingerprint density at radius 1 is 1.21 bits per heavy atom. The SMILES string of the molecule is CCNC(CCOCC)c1cncc2ccccc12. The summed E-state index contributed by atoms with van der Waals surface area (Å²) in [6.07, 6.45) is 4.86. The van der Waals surface area contributed by atoms with Gasteiger partial charge in [0.25, 0.3) is 0 Å². The van der Waals surface area contributed by atoms with Crippen molar-refractivity contribution in [2.45, 2.75) is 26.3 Å². The molecule has 3 heteroatoms. The van der Waals surface area contributed by atoms with Gasteiger partial charge in [-0.3, -0.25) is 4.98 Å². The van der Waals surface area contributed by atoms with Crippen LogP contribution < -0.4 is 5.32 Å². The van der Waals surface area contributed by atoms with Crippen LogP contribution in [0.1, 0.15) is 31.9 Å². The van der Waals surface area contributed by atoms with Gasteiger partial charge in [-0.25, -0.2) is 0 Å². The molecule has 1 atom stereocenters. The van der Waals surface area contributed by atoms with E-state index in [0.717, 1.165) is 26.2 Å². The van der Waals surface area contributed by atoms with Crippen molar-refractivity contribution in [3.8, 4) is 0 Å². The van der Waals surface area contributed by atoms with Crippen LogP contribution in [0.25, 0.3) is 10.8 Å². The molecule has 0 saturated heterocycles. The average molecular weight is 258 g/mol. The van der Waals surface area contributed by atoms with Crippen LogP contribution in [0.5, 0.6) is 0 Å². The molecule has 1 N–H and O–H groups in total. The zero-order valence-corrected chi connectivity index (χ0v) is 11.7. The number of fused-ring (bicyclic) bond motifs is 1. The standard InChI is InChI=1S/C16H22N2O/c1-3-18-16(9-10-19-4-2)15-12-17-11-13-7-5-6-8-14(13)15/h5-8,11-12,16,18H,3-4,9-10H2,1-2H3. The quantitative estimate of drug-likeness (QED) is 0.774. The third-order valence-electron chi connectivity index (χ3n) is 3.28. The summed E-state index contributed by atoms with van der Waals surface area (Å²) in [7, 11) is 0. The van der Waals surface area contributed by atoms with Crippen molar-refractivity contribution in [2.75, 3.05) is 19.8 Å². The largest absolute Gasteiger partial charge is 0.382 e. The van der Waals surface area contributed by atoms with Crippen LogP contribution in [-0.2, 0) is 4.74 Å². The number of aromatic nitrogens is 1. The van der Waals surface area contributed by atoms with Gasteiger partial charge < -0.3 is 10.1 Å². The highest BCUT2D eigenvalue weighted by molar-refractivity contribution is 5.85. The van der Waals surface area contributed by atoms with Crippen molar-refractivity contribution in [2.24, 2.45) is 0 Å². The monoisotopic (exact) mass is 258 g/mol. The molecule has 0 aliphatic rings. The van der Waals surface area contributed by atoms with Crippen molar-refractivity contribution in [1.29, 1.82) is 0 Å². The first-order valence-electron chi connectivity index (χ1n) is 7.00. The molecular formula is C16H22N2O. The van der Waals surface area contributed by atoms with E-state index < -0.39 is 0 Å². The molecule has 1 aromatic heterocycles. The minimum absolute atomic E-state index is 0.301. The molecule has 0 fully saturated rings. The number of nitrogens with zero attached hydrogens (tertiary/aromatic N) is 1. The lowest BCUT2D eigenvalue weighted by molar-refractivity contribution is 0.136. The van der Waals surface area contributed by atoms with Crippen LogP contribution >= 0.6 is 0 Å². The number of nitrogens with one attached hydrogen (secondary N) is 1. The molecule has 2 aromatic rings. The van der Waals surface area contributed by atoms with Gasteiger partial charge >= 0.3 is 0 Å². The van der Waals surface area contributed by atoms with E-state index in [2.05, 4.69) is 41.5 Å². The van der Waals surface area contributed by atoms with E-state index in [0.29, 0.717) is 6.04 Å². The Bertz CT molecular complexity index is 508. The van der Waals surface area contributed by atoms with E-state index in [1.165, 1.54) is 16.3 Å². The highest BCUT2D eigenvalue weighted by Crippen LogP contribution is 2.25. The van der Waals surface area contributed by atoms with Gasteiger partial charge in [-0.05, 0) is 30.8 Å². The lowest BCUT2D eigenvalue weighted by Crippen LogP contribution is -2.22. The van der Waals surface area contributed by atoms with E-state index in [-0.39, 0.29) is 0 Å². The molecule has 0 bridgehead atoms. The molecule has 0 amide bonds. The Morgan fingerprint density at radius 2 is 2.05 bits per heavy atom. The summed E-state index contributed by atoms with van der Waals surface area (Å²) < 4.78 is 5.48. The van der Waals surface area contributed by atoms with Gasteiger partial charge in [0.15, 0.2) is 0 Å². The summed E-state index contributed by atoms with van der Waals surface area (Å²) in [5, 5.41) is 6.00. The van der Waals surface area contributed by atoms with Gasteiger partial charge in [-0.1, -0.05) is 31.2 Å². The van der Waals surface area contributed by atoms with Gasteiger partial charge in [0.05, 0.1) is 0 Å². The molecular weight excluding hydrogens is 236 g/mol. The van der Waals surface area contributed by atoms with Crippen molar-refractivity contribution in [3.05, 3.63) is 42.2 Å². The first-order chi connectivity index (χ1) is 9.36. The zero-order chi connectivity index (χ0) is 13.5. The number of hydrogen-bond donors (Lipinski definition) is 1. The second kappa shape index (κ2) is 7.22. The summed E-state index contributed by atoms with van der Waals surface area (Å²) in [6, 6.07) is 8.71. The van der Waals surface area contributed by atoms with Gasteiger partial charge in [-0.2, -0.15) is 0 Å². The third kappa shape index (κ3) is 3.52. The first-order valence-corrected chi connectivity index (χ1v) is 7.00. The van der Waals surface area contributed by atoms with E-state index in [9.17, 15) is 0 Å². The molecule has 0 aliphatic carbocycles. The third-order valence-corrected chi connectivity index (χ3v) is 3.28. The second-order valence-electron chi connectivity index (χ2n) is 4.55. The highest BCUT2D eigenvalue weighted by atomic mass is 16.5. The summed E-state index contributed by atoms with van der Waals surface area (Å²) in [5.74, 6) is 0. The van der Waals surface area contributed by atoms with E-state index in [1.807, 2.05) is 19.3 Å². The van der Waals surface area contributed by atoms with Gasteiger partial charge in [0.2, 0.25) is 0 Å². The number of pyridine rings is 1. The molecule has 3 nitrogen and oxygen atoms in total. The van der Waals surface area contributed by atoms with Crippen LogP contribution in [0.4, 0.5) is 0 Å². The van der Waals surface area contributed by atoms with Crippen molar-refractivity contribution in [3.63, 3.8) is 0 Å². The first kappa shape index (κ1) is 14.0. The molecule has 0 radical (unpaired) electrons. The molecule has 19 heavy (non-hydrogen) atoms. The lowest BCUT2D eigenvalue weighted by atomic mass is 9.99. The van der Waals surface area contributed by atoms with Crippen LogP contribution in [0.15, 0.2) is 36.7 Å². The van der Waals surface area contributed by atoms with Crippen LogP contribution in [0.2, 0.25) is 0 Å². The predicted octanol–water partition coefficient (Wildman–Crippen LogP) is 3.31. The molecule has 1 unspecified atom stereocenters. The molecule has 1 heterocycles. The normalized spacial score (nSPS) is 12.7. The topological polar surface area (TPSA) is 34.1 Å². The zero-order valence-electron chi connectivity index (χ0n) is 11.7. The number of benzene rings is 1. The predicted molar refractivity (Wildman–Crippen MR) is 79.3 cm³/mol. The van der Waals surface area contributed by atoms with Crippen LogP contribution in [0.3, 0.4) is 0 Å². The number of hydrogen-bond acceptors (Lipinski definition) is 3. The summed E-state index contributed by atoms with van der Waals surface area (Å²) >= 11 is 0. The summed E-state index contributed by atoms with van der Waals surface area (Å²) in [5.41, 5.74) is 1.26. The minimum Gasteiger partial charge on any atom is -0.382 e. The Labute approximate surface area is 115 Å². The molecule has 1 aromatic carbocycles. The lowest BCUT2D eigenvalue weighted by Gasteiger charge is -2.19. The van der Waals surface area contributed by atoms with E-state index in [1.54, 1.807) is 0 Å². The van der Waals surface area contributed by atoms with Crippen molar-refractivity contribution in [1.82, 2.24) is 10.3 Å². The maximum absolute atomic E-state index is 5.48. The fraction of sp³-hybridized carbons (Fsp3) is 0.438. The Morgan fingerprint density at radius 3 is 2.84 bits per heavy atom. The summed E-state index contributed by atoms with van der Waals surface area (Å²) in [4.78, 5) is 4.36. The Hall–Kier alpha value is -1.45. The molecule has 0 spiro atoms. The molecule has 0 saturated carbocycles. The highest BCUT2D eigenvalue weighted by Gasteiger charge is 2.13. The fourth-order valence-electron chi connectivity index (χ4n) is 2.38. The molecule has 102 valence electrons. The fourth-order valence-corrected chi connectivity index (χ4v) is 2.38. The second-order valence-corrected chi connectivity index (χ2v) is 4.55. The Kier molecular flexibility index (Phi) is 5.31. The maximum atomic E-state index is 5.48. The molecule has 0 aliphatic heterocycles. The minimum atomic E-state index is 0.301. The summed E-state index contributed by atoms with van der Waals surface area (Å²) in [6.45, 7) is 6.65. The van der Waals surface area contributed by atoms with Crippen LogP contribution in [-0.4, -0.2) is 24.7 Å². The van der Waals surface area contributed by atoms with E-state index >= 15 is 0 Å².